The number of hydrogen-bond donors (Lipinski definition) is 1. The molecule has 4 heteroatoms. The molecule has 0 spiro atoms. The first-order valence-corrected chi connectivity index (χ1v) is 7.32. The SMILES string of the molecule is CCCN(CCN(C)C)C(=O)C1CCCCCN1. The van der Waals surface area contributed by atoms with Gasteiger partial charge in [0.05, 0.1) is 6.04 Å². The van der Waals surface area contributed by atoms with Crippen LogP contribution in [0.2, 0.25) is 0 Å². The van der Waals surface area contributed by atoms with E-state index in [-0.39, 0.29) is 6.04 Å². The molecule has 0 aromatic rings. The number of nitrogens with one attached hydrogen (secondary N) is 1. The normalized spacial score (nSPS) is 20.8. The summed E-state index contributed by atoms with van der Waals surface area (Å²) in [4.78, 5) is 16.7. The van der Waals surface area contributed by atoms with E-state index in [1.54, 1.807) is 0 Å². The summed E-state index contributed by atoms with van der Waals surface area (Å²) in [6.45, 7) is 5.79. The second-order valence-corrected chi connectivity index (χ2v) is 5.48. The van der Waals surface area contributed by atoms with E-state index in [9.17, 15) is 4.79 Å². The first-order valence-electron chi connectivity index (χ1n) is 7.32. The Hall–Kier alpha value is -0.610. The zero-order valence-electron chi connectivity index (χ0n) is 12.2. The Morgan fingerprint density at radius 3 is 2.61 bits per heavy atom. The molecular weight excluding hydrogens is 226 g/mol. The van der Waals surface area contributed by atoms with Crippen molar-refractivity contribution in [3.8, 4) is 0 Å². The predicted molar refractivity (Wildman–Crippen MR) is 75.7 cm³/mol. The Balaban J connectivity index is 2.50. The van der Waals surface area contributed by atoms with Crippen LogP contribution in [0.4, 0.5) is 0 Å². The van der Waals surface area contributed by atoms with Gasteiger partial charge in [-0.15, -0.1) is 0 Å². The van der Waals surface area contributed by atoms with Crippen molar-refractivity contribution in [2.45, 2.75) is 45.1 Å². The van der Waals surface area contributed by atoms with Crippen molar-refractivity contribution in [2.24, 2.45) is 0 Å². The van der Waals surface area contributed by atoms with Gasteiger partial charge in [-0.2, -0.15) is 0 Å². The van der Waals surface area contributed by atoms with E-state index in [0.29, 0.717) is 5.91 Å². The average Bonchev–Trinajstić information content (AvgIpc) is 2.62. The summed E-state index contributed by atoms with van der Waals surface area (Å²) in [6.07, 6.45) is 5.67. The molecule has 1 aliphatic rings. The van der Waals surface area contributed by atoms with Gasteiger partial charge in [0.15, 0.2) is 0 Å². The van der Waals surface area contributed by atoms with Gasteiger partial charge in [-0.1, -0.05) is 19.8 Å². The fourth-order valence-electron chi connectivity index (χ4n) is 2.38. The lowest BCUT2D eigenvalue weighted by atomic mass is 10.1. The molecule has 0 bridgehead atoms. The number of rotatable bonds is 6. The monoisotopic (exact) mass is 255 g/mol. The van der Waals surface area contributed by atoms with Crippen LogP contribution in [0, 0.1) is 0 Å². The highest BCUT2D eigenvalue weighted by molar-refractivity contribution is 5.81. The minimum atomic E-state index is 0.0567. The van der Waals surface area contributed by atoms with Gasteiger partial charge in [0.2, 0.25) is 5.91 Å². The molecule has 106 valence electrons. The van der Waals surface area contributed by atoms with Crippen LogP contribution in [-0.4, -0.2) is 62.0 Å². The maximum Gasteiger partial charge on any atom is 0.239 e. The van der Waals surface area contributed by atoms with Crippen LogP contribution in [0.1, 0.15) is 39.0 Å². The fourth-order valence-corrected chi connectivity index (χ4v) is 2.38. The van der Waals surface area contributed by atoms with Crippen LogP contribution in [0.25, 0.3) is 0 Å². The Kier molecular flexibility index (Phi) is 7.28. The Labute approximate surface area is 112 Å². The summed E-state index contributed by atoms with van der Waals surface area (Å²) < 4.78 is 0. The van der Waals surface area contributed by atoms with E-state index in [0.717, 1.165) is 39.0 Å². The molecule has 1 N–H and O–H groups in total. The van der Waals surface area contributed by atoms with E-state index in [1.165, 1.54) is 19.3 Å². The van der Waals surface area contributed by atoms with Crippen LogP contribution < -0.4 is 5.32 Å². The zero-order valence-corrected chi connectivity index (χ0v) is 12.2. The summed E-state index contributed by atoms with van der Waals surface area (Å²) in [5.41, 5.74) is 0. The van der Waals surface area contributed by atoms with E-state index in [4.69, 9.17) is 0 Å². The van der Waals surface area contributed by atoms with Crippen LogP contribution >= 0.6 is 0 Å². The third-order valence-electron chi connectivity index (χ3n) is 3.48. The van der Waals surface area contributed by atoms with Crippen molar-refractivity contribution in [3.05, 3.63) is 0 Å². The highest BCUT2D eigenvalue weighted by Crippen LogP contribution is 2.11. The number of likely N-dealkylation sites (N-methyl/N-ethyl adjacent to an activating group) is 1. The first-order chi connectivity index (χ1) is 8.65. The summed E-state index contributed by atoms with van der Waals surface area (Å²) in [5, 5.41) is 3.40. The van der Waals surface area contributed by atoms with Gasteiger partial charge in [0.25, 0.3) is 0 Å². The standard InChI is InChI=1S/C14H29N3O/c1-4-10-17(12-11-16(2)3)14(18)13-8-6-5-7-9-15-13/h13,15H,4-12H2,1-3H3. The summed E-state index contributed by atoms with van der Waals surface area (Å²) in [6, 6.07) is 0.0567. The average molecular weight is 255 g/mol. The lowest BCUT2D eigenvalue weighted by Crippen LogP contribution is -2.48. The second-order valence-electron chi connectivity index (χ2n) is 5.48. The van der Waals surface area contributed by atoms with Gasteiger partial charge in [-0.3, -0.25) is 4.79 Å². The van der Waals surface area contributed by atoms with Gasteiger partial charge in [-0.05, 0) is 39.9 Å². The molecule has 1 rings (SSSR count). The molecule has 0 aliphatic carbocycles. The Morgan fingerprint density at radius 2 is 1.94 bits per heavy atom. The van der Waals surface area contributed by atoms with Crippen LogP contribution in [0.5, 0.6) is 0 Å². The maximum atomic E-state index is 12.5. The number of carbonyl (C=O) groups excluding carboxylic acids is 1. The van der Waals surface area contributed by atoms with Crippen molar-refractivity contribution < 1.29 is 4.79 Å². The lowest BCUT2D eigenvalue weighted by Gasteiger charge is -2.28. The highest BCUT2D eigenvalue weighted by Gasteiger charge is 2.24. The van der Waals surface area contributed by atoms with Gasteiger partial charge < -0.3 is 15.1 Å². The zero-order chi connectivity index (χ0) is 13.4. The van der Waals surface area contributed by atoms with Crippen molar-refractivity contribution in [1.29, 1.82) is 0 Å². The van der Waals surface area contributed by atoms with Crippen molar-refractivity contribution >= 4 is 5.91 Å². The minimum Gasteiger partial charge on any atom is -0.340 e. The summed E-state index contributed by atoms with van der Waals surface area (Å²) >= 11 is 0. The number of nitrogens with zero attached hydrogens (tertiary/aromatic N) is 2. The van der Waals surface area contributed by atoms with Gasteiger partial charge in [0.1, 0.15) is 0 Å². The van der Waals surface area contributed by atoms with Crippen LogP contribution in [-0.2, 0) is 4.79 Å². The first kappa shape index (κ1) is 15.4. The van der Waals surface area contributed by atoms with Crippen molar-refractivity contribution in [1.82, 2.24) is 15.1 Å². The summed E-state index contributed by atoms with van der Waals surface area (Å²) in [5.74, 6) is 0.306. The molecule has 1 unspecified atom stereocenters. The van der Waals surface area contributed by atoms with E-state index in [2.05, 4.69) is 31.2 Å². The molecular formula is C14H29N3O. The fraction of sp³-hybridized carbons (Fsp3) is 0.929. The predicted octanol–water partition coefficient (Wildman–Crippen LogP) is 1.32. The second kappa shape index (κ2) is 8.48. The minimum absolute atomic E-state index is 0.0567. The van der Waals surface area contributed by atoms with Crippen LogP contribution in [0.15, 0.2) is 0 Å². The molecule has 1 aliphatic heterocycles. The van der Waals surface area contributed by atoms with E-state index in [1.807, 2.05) is 4.90 Å². The molecule has 0 saturated carbocycles. The largest absolute Gasteiger partial charge is 0.340 e. The van der Waals surface area contributed by atoms with Gasteiger partial charge in [0, 0.05) is 19.6 Å². The number of hydrogen-bond acceptors (Lipinski definition) is 3. The molecule has 18 heavy (non-hydrogen) atoms. The quantitative estimate of drug-likeness (QED) is 0.777. The highest BCUT2D eigenvalue weighted by atomic mass is 16.2. The number of carbonyl (C=O) groups is 1. The van der Waals surface area contributed by atoms with Crippen molar-refractivity contribution in [3.63, 3.8) is 0 Å². The molecule has 1 fully saturated rings. The Morgan fingerprint density at radius 1 is 1.17 bits per heavy atom. The smallest absolute Gasteiger partial charge is 0.239 e. The third-order valence-corrected chi connectivity index (χ3v) is 3.48. The molecule has 0 aromatic carbocycles. The molecule has 1 atom stereocenters. The van der Waals surface area contributed by atoms with Crippen molar-refractivity contribution in [2.75, 3.05) is 40.3 Å². The Bertz CT molecular complexity index is 235. The summed E-state index contributed by atoms with van der Waals surface area (Å²) in [7, 11) is 4.11. The lowest BCUT2D eigenvalue weighted by molar-refractivity contribution is -0.133. The molecule has 4 nitrogen and oxygen atoms in total. The molecule has 0 radical (unpaired) electrons. The molecule has 0 aromatic heterocycles. The third kappa shape index (κ3) is 5.36. The van der Waals surface area contributed by atoms with Gasteiger partial charge >= 0.3 is 0 Å². The molecule has 1 saturated heterocycles. The topological polar surface area (TPSA) is 35.6 Å². The van der Waals surface area contributed by atoms with Crippen LogP contribution in [0.3, 0.4) is 0 Å². The van der Waals surface area contributed by atoms with E-state index < -0.39 is 0 Å². The molecule has 1 heterocycles. The van der Waals surface area contributed by atoms with Gasteiger partial charge in [-0.25, -0.2) is 0 Å². The van der Waals surface area contributed by atoms with E-state index >= 15 is 0 Å². The maximum absolute atomic E-state index is 12.5. The molecule has 1 amide bonds. The number of amides is 1.